The number of esters is 1. The van der Waals surface area contributed by atoms with E-state index in [0.29, 0.717) is 11.1 Å². The van der Waals surface area contributed by atoms with Crippen LogP contribution < -0.4 is 5.32 Å². The molecule has 28 heavy (non-hydrogen) atoms. The molecule has 0 fully saturated rings. The van der Waals surface area contributed by atoms with E-state index in [0.717, 1.165) is 6.08 Å². The molecule has 1 amide bonds. The number of hydrogen-bond acceptors (Lipinski definition) is 5. The quantitative estimate of drug-likeness (QED) is 0.327. The van der Waals surface area contributed by atoms with Gasteiger partial charge in [0.1, 0.15) is 10.8 Å². The molecule has 0 aliphatic heterocycles. The second-order valence-corrected chi connectivity index (χ2v) is 6.13. The summed E-state index contributed by atoms with van der Waals surface area (Å²) in [5.41, 5.74) is 0.782. The first-order chi connectivity index (χ1) is 13.3. The molecule has 0 aliphatic rings. The van der Waals surface area contributed by atoms with Crippen LogP contribution >= 0.6 is 11.6 Å². The maximum absolute atomic E-state index is 12.8. The van der Waals surface area contributed by atoms with E-state index in [1.807, 2.05) is 0 Å². The number of nitrogens with one attached hydrogen (secondary N) is 1. The summed E-state index contributed by atoms with van der Waals surface area (Å²) in [6.07, 6.45) is 1.31. The van der Waals surface area contributed by atoms with Crippen LogP contribution in [0.3, 0.4) is 0 Å². The molecule has 0 saturated heterocycles. The van der Waals surface area contributed by atoms with E-state index in [-0.39, 0.29) is 23.1 Å². The second kappa shape index (κ2) is 9.61. The van der Waals surface area contributed by atoms with Gasteiger partial charge in [0, 0.05) is 18.7 Å². The van der Waals surface area contributed by atoms with E-state index >= 15 is 0 Å². The number of rotatable bonds is 7. The van der Waals surface area contributed by atoms with E-state index < -0.39 is 22.9 Å². The van der Waals surface area contributed by atoms with Crippen molar-refractivity contribution in [3.63, 3.8) is 0 Å². The van der Waals surface area contributed by atoms with Crippen LogP contribution in [0.2, 0.25) is 5.02 Å². The summed E-state index contributed by atoms with van der Waals surface area (Å²) < 4.78 is 17.8. The van der Waals surface area contributed by atoms with Crippen molar-refractivity contribution in [1.82, 2.24) is 5.32 Å². The number of nitro benzene ring substituents is 1. The minimum atomic E-state index is -1.06. The van der Waals surface area contributed by atoms with Crippen LogP contribution in [0.4, 0.5) is 10.1 Å². The number of nitrogens with zero attached hydrogens (tertiary/aromatic N) is 1. The third-order valence-corrected chi connectivity index (χ3v) is 3.94. The molecular formula is C19H16ClFN2O5. The van der Waals surface area contributed by atoms with Crippen molar-refractivity contribution in [3.8, 4) is 0 Å². The molecule has 2 aromatic carbocycles. The van der Waals surface area contributed by atoms with Crippen LogP contribution in [0.5, 0.6) is 0 Å². The Bertz CT molecular complexity index is 915. The molecule has 0 radical (unpaired) electrons. The molecule has 146 valence electrons. The lowest BCUT2D eigenvalue weighted by Gasteiger charge is -2.12. The number of nitro groups is 1. The molecule has 0 aliphatic carbocycles. The van der Waals surface area contributed by atoms with E-state index in [2.05, 4.69) is 5.32 Å². The molecule has 1 atom stereocenters. The van der Waals surface area contributed by atoms with E-state index in [4.69, 9.17) is 16.3 Å². The standard InChI is InChI=1S/C19H16ClFN2O5/c1-12(19(25)22-11-14-2-6-15(21)7-3-14)28-18(24)9-5-13-4-8-16(20)17(10-13)23(26)27/h2-10,12H,11H2,1H3,(H,22,25)/b9-5+. The minimum absolute atomic E-state index is 0.0174. The fourth-order valence-electron chi connectivity index (χ4n) is 2.14. The highest BCUT2D eigenvalue weighted by Crippen LogP contribution is 2.25. The number of carbonyl (C=O) groups is 2. The summed E-state index contributed by atoms with van der Waals surface area (Å²) in [5.74, 6) is -1.69. The van der Waals surface area contributed by atoms with Gasteiger partial charge in [0.2, 0.25) is 0 Å². The fourth-order valence-corrected chi connectivity index (χ4v) is 2.33. The smallest absolute Gasteiger partial charge is 0.331 e. The predicted octanol–water partition coefficient (Wildman–Crippen LogP) is 3.65. The summed E-state index contributed by atoms with van der Waals surface area (Å²) in [7, 11) is 0. The highest BCUT2D eigenvalue weighted by molar-refractivity contribution is 6.32. The van der Waals surface area contributed by atoms with Crippen LogP contribution in [0.25, 0.3) is 6.08 Å². The van der Waals surface area contributed by atoms with Crippen LogP contribution in [0.1, 0.15) is 18.1 Å². The number of benzene rings is 2. The Hall–Kier alpha value is -3.26. The van der Waals surface area contributed by atoms with Gasteiger partial charge in [0.15, 0.2) is 6.10 Å². The van der Waals surface area contributed by atoms with E-state index in [9.17, 15) is 24.1 Å². The SMILES string of the molecule is CC(OC(=O)/C=C/c1ccc(Cl)c([N+](=O)[O-])c1)C(=O)NCc1ccc(F)cc1. The van der Waals surface area contributed by atoms with Gasteiger partial charge in [0.25, 0.3) is 11.6 Å². The van der Waals surface area contributed by atoms with Crippen molar-refractivity contribution >= 4 is 35.2 Å². The van der Waals surface area contributed by atoms with Gasteiger partial charge in [-0.15, -0.1) is 0 Å². The lowest BCUT2D eigenvalue weighted by molar-refractivity contribution is -0.384. The van der Waals surface area contributed by atoms with Gasteiger partial charge in [-0.05, 0) is 42.3 Å². The highest BCUT2D eigenvalue weighted by Gasteiger charge is 2.16. The van der Waals surface area contributed by atoms with Gasteiger partial charge in [-0.25, -0.2) is 9.18 Å². The first-order valence-corrected chi connectivity index (χ1v) is 8.49. The number of carbonyl (C=O) groups excluding carboxylic acids is 2. The molecule has 2 aromatic rings. The summed E-state index contributed by atoms with van der Waals surface area (Å²) in [5, 5.41) is 13.4. The summed E-state index contributed by atoms with van der Waals surface area (Å²) in [4.78, 5) is 34.0. The van der Waals surface area contributed by atoms with Crippen molar-refractivity contribution in [2.45, 2.75) is 19.6 Å². The van der Waals surface area contributed by atoms with E-state index in [1.54, 1.807) is 0 Å². The maximum atomic E-state index is 12.8. The Balaban J connectivity index is 1.88. The lowest BCUT2D eigenvalue weighted by atomic mass is 10.2. The largest absolute Gasteiger partial charge is 0.449 e. The molecule has 0 spiro atoms. The predicted molar refractivity (Wildman–Crippen MR) is 101 cm³/mol. The molecule has 2 rings (SSSR count). The first kappa shape index (κ1) is 21.0. The Labute approximate surface area is 164 Å². The zero-order chi connectivity index (χ0) is 20.7. The fraction of sp³-hybridized carbons (Fsp3) is 0.158. The number of halogens is 2. The third-order valence-electron chi connectivity index (χ3n) is 3.62. The van der Waals surface area contributed by atoms with Gasteiger partial charge in [0.05, 0.1) is 4.92 Å². The third kappa shape index (κ3) is 6.17. The Morgan fingerprint density at radius 2 is 1.96 bits per heavy atom. The molecule has 7 nitrogen and oxygen atoms in total. The average Bonchev–Trinajstić information content (AvgIpc) is 2.66. The normalized spacial score (nSPS) is 11.8. The topological polar surface area (TPSA) is 98.5 Å². The number of hydrogen-bond donors (Lipinski definition) is 1. The Kier molecular flexibility index (Phi) is 7.22. The van der Waals surface area contributed by atoms with Crippen LogP contribution in [0.15, 0.2) is 48.5 Å². The molecule has 9 heteroatoms. The van der Waals surface area contributed by atoms with Crippen molar-refractivity contribution in [3.05, 3.63) is 80.6 Å². The van der Waals surface area contributed by atoms with Crippen molar-refractivity contribution in [2.24, 2.45) is 0 Å². The average molecular weight is 407 g/mol. The zero-order valence-electron chi connectivity index (χ0n) is 14.7. The molecule has 0 saturated carbocycles. The van der Waals surface area contributed by atoms with E-state index in [1.165, 1.54) is 55.5 Å². The molecular weight excluding hydrogens is 391 g/mol. The summed E-state index contributed by atoms with van der Waals surface area (Å²) in [6, 6.07) is 9.66. The van der Waals surface area contributed by atoms with Gasteiger partial charge in [-0.2, -0.15) is 0 Å². The van der Waals surface area contributed by atoms with Crippen LogP contribution in [0, 0.1) is 15.9 Å². The van der Waals surface area contributed by atoms with Crippen molar-refractivity contribution < 1.29 is 23.6 Å². The van der Waals surface area contributed by atoms with Gasteiger partial charge in [-0.1, -0.05) is 29.8 Å². The molecule has 0 bridgehead atoms. The lowest BCUT2D eigenvalue weighted by Crippen LogP contribution is -2.35. The molecule has 1 N–H and O–H groups in total. The first-order valence-electron chi connectivity index (χ1n) is 8.11. The zero-order valence-corrected chi connectivity index (χ0v) is 15.5. The van der Waals surface area contributed by atoms with Gasteiger partial charge < -0.3 is 10.1 Å². The maximum Gasteiger partial charge on any atom is 0.331 e. The number of amides is 1. The monoisotopic (exact) mass is 406 g/mol. The second-order valence-electron chi connectivity index (χ2n) is 5.72. The van der Waals surface area contributed by atoms with Crippen LogP contribution in [-0.4, -0.2) is 22.9 Å². The Morgan fingerprint density at radius 3 is 2.61 bits per heavy atom. The number of ether oxygens (including phenoxy) is 1. The summed E-state index contributed by atoms with van der Waals surface area (Å²) >= 11 is 5.72. The van der Waals surface area contributed by atoms with Gasteiger partial charge >= 0.3 is 5.97 Å². The summed E-state index contributed by atoms with van der Waals surface area (Å²) in [6.45, 7) is 1.56. The highest BCUT2D eigenvalue weighted by atomic mass is 35.5. The molecule has 0 aromatic heterocycles. The van der Waals surface area contributed by atoms with Crippen molar-refractivity contribution in [2.75, 3.05) is 0 Å². The minimum Gasteiger partial charge on any atom is -0.449 e. The molecule has 0 heterocycles. The van der Waals surface area contributed by atoms with Crippen LogP contribution in [-0.2, 0) is 20.9 Å². The van der Waals surface area contributed by atoms with Gasteiger partial charge in [-0.3, -0.25) is 14.9 Å². The Morgan fingerprint density at radius 1 is 1.29 bits per heavy atom. The van der Waals surface area contributed by atoms with Crippen molar-refractivity contribution in [1.29, 1.82) is 0 Å². The molecule has 1 unspecified atom stereocenters.